The molecular weight excluding hydrogens is 331 g/mol. The lowest BCUT2D eigenvalue weighted by Crippen LogP contribution is -2.00. The van der Waals surface area contributed by atoms with Crippen LogP contribution in [-0.4, -0.2) is 5.11 Å². The molecule has 5 heteroatoms. The van der Waals surface area contributed by atoms with Crippen LogP contribution in [0.5, 0.6) is 0 Å². The molecule has 1 N–H and O–H groups in total. The molecule has 3 rings (SSSR count). The molecule has 0 saturated carbocycles. The molecule has 2 aromatic carbocycles. The van der Waals surface area contributed by atoms with Crippen LogP contribution in [-0.2, 0) is 6.42 Å². The van der Waals surface area contributed by atoms with Crippen molar-refractivity contribution >= 4 is 45.8 Å². The van der Waals surface area contributed by atoms with E-state index in [1.165, 1.54) is 0 Å². The van der Waals surface area contributed by atoms with Gasteiger partial charge < -0.3 is 9.52 Å². The maximum atomic E-state index is 10.3. The van der Waals surface area contributed by atoms with Gasteiger partial charge in [-0.05, 0) is 42.0 Å². The molecule has 0 aliphatic heterocycles. The van der Waals surface area contributed by atoms with E-state index in [9.17, 15) is 5.11 Å². The van der Waals surface area contributed by atoms with Gasteiger partial charge in [0.25, 0.3) is 0 Å². The Morgan fingerprint density at radius 2 is 1.67 bits per heavy atom. The molecule has 3 aromatic rings. The lowest BCUT2D eigenvalue weighted by Gasteiger charge is -2.09. The molecule has 0 bridgehead atoms. The normalized spacial score (nSPS) is 12.8. The molecule has 1 heterocycles. The first-order valence-electron chi connectivity index (χ1n) is 6.34. The molecule has 1 unspecified atom stereocenters. The first-order chi connectivity index (χ1) is 10.0. The molecule has 0 radical (unpaired) electrons. The van der Waals surface area contributed by atoms with Crippen LogP contribution in [0.25, 0.3) is 11.0 Å². The Hall–Kier alpha value is -1.19. The van der Waals surface area contributed by atoms with Gasteiger partial charge in [0.2, 0.25) is 0 Å². The summed E-state index contributed by atoms with van der Waals surface area (Å²) >= 11 is 17.9. The minimum Gasteiger partial charge on any atom is -0.458 e. The number of benzene rings is 2. The summed E-state index contributed by atoms with van der Waals surface area (Å²) in [7, 11) is 0. The molecular formula is C16H11Cl3O2. The summed E-state index contributed by atoms with van der Waals surface area (Å²) < 4.78 is 5.64. The maximum absolute atomic E-state index is 10.3. The smallest absolute Gasteiger partial charge is 0.134 e. The second-order valence-corrected chi connectivity index (χ2v) is 6.07. The quantitative estimate of drug-likeness (QED) is 0.666. The van der Waals surface area contributed by atoms with E-state index in [0.717, 1.165) is 10.9 Å². The highest BCUT2D eigenvalue weighted by Gasteiger charge is 2.16. The highest BCUT2D eigenvalue weighted by atomic mass is 35.5. The van der Waals surface area contributed by atoms with Crippen molar-refractivity contribution in [3.63, 3.8) is 0 Å². The number of fused-ring (bicyclic) bond motifs is 1. The van der Waals surface area contributed by atoms with E-state index in [1.807, 2.05) is 0 Å². The Morgan fingerprint density at radius 1 is 0.952 bits per heavy atom. The first-order valence-corrected chi connectivity index (χ1v) is 7.47. The summed E-state index contributed by atoms with van der Waals surface area (Å²) in [6.45, 7) is 0. The van der Waals surface area contributed by atoms with Gasteiger partial charge in [0.05, 0.1) is 0 Å². The van der Waals surface area contributed by atoms with E-state index in [2.05, 4.69) is 0 Å². The van der Waals surface area contributed by atoms with Crippen LogP contribution >= 0.6 is 34.8 Å². The summed E-state index contributed by atoms with van der Waals surface area (Å²) in [5.41, 5.74) is 1.50. The van der Waals surface area contributed by atoms with Gasteiger partial charge in [-0.25, -0.2) is 0 Å². The number of halogens is 3. The van der Waals surface area contributed by atoms with Gasteiger partial charge in [0.1, 0.15) is 17.4 Å². The van der Waals surface area contributed by atoms with E-state index < -0.39 is 6.10 Å². The average Bonchev–Trinajstić information content (AvgIpc) is 2.85. The zero-order valence-electron chi connectivity index (χ0n) is 10.8. The van der Waals surface area contributed by atoms with Crippen molar-refractivity contribution in [2.24, 2.45) is 0 Å². The average molecular weight is 342 g/mol. The van der Waals surface area contributed by atoms with Gasteiger partial charge in [-0.15, -0.1) is 0 Å². The topological polar surface area (TPSA) is 33.4 Å². The molecule has 0 spiro atoms. The molecule has 0 aliphatic carbocycles. The predicted octanol–water partition coefficient (Wildman–Crippen LogP) is 5.67. The summed E-state index contributed by atoms with van der Waals surface area (Å²) in [6.07, 6.45) is -0.432. The van der Waals surface area contributed by atoms with Crippen LogP contribution in [0.3, 0.4) is 0 Å². The molecule has 1 aromatic heterocycles. The molecule has 0 aliphatic rings. The van der Waals surface area contributed by atoms with Crippen LogP contribution in [0.15, 0.2) is 46.9 Å². The third-order valence-corrected chi connectivity index (χ3v) is 4.08. The third kappa shape index (κ3) is 3.19. The van der Waals surface area contributed by atoms with Crippen molar-refractivity contribution < 1.29 is 9.52 Å². The second kappa shape index (κ2) is 5.90. The van der Waals surface area contributed by atoms with E-state index in [4.69, 9.17) is 39.2 Å². The largest absolute Gasteiger partial charge is 0.458 e. The standard InChI is InChI=1S/C16H11Cl3O2/c17-11-3-4-15-10(5-11)7-16(21-15)14(20)6-9-1-2-12(18)8-13(9)19/h1-5,7-8,14,20H,6H2. The molecule has 1 atom stereocenters. The molecule has 21 heavy (non-hydrogen) atoms. The van der Waals surface area contributed by atoms with Gasteiger partial charge in [0.15, 0.2) is 0 Å². The SMILES string of the molecule is OC(Cc1ccc(Cl)cc1Cl)c1cc2cc(Cl)ccc2o1. The molecule has 0 fully saturated rings. The van der Waals surface area contributed by atoms with Crippen LogP contribution in [0, 0.1) is 0 Å². The van der Waals surface area contributed by atoms with Crippen molar-refractivity contribution in [3.8, 4) is 0 Å². The highest BCUT2D eigenvalue weighted by molar-refractivity contribution is 6.35. The van der Waals surface area contributed by atoms with Gasteiger partial charge >= 0.3 is 0 Å². The van der Waals surface area contributed by atoms with Crippen LogP contribution in [0.1, 0.15) is 17.4 Å². The van der Waals surface area contributed by atoms with Crippen LogP contribution < -0.4 is 0 Å². The minimum absolute atomic E-state index is 0.351. The van der Waals surface area contributed by atoms with Crippen LogP contribution in [0.4, 0.5) is 0 Å². The Bertz CT molecular complexity index is 795. The van der Waals surface area contributed by atoms with Crippen molar-refractivity contribution in [1.82, 2.24) is 0 Å². The number of rotatable bonds is 3. The van der Waals surface area contributed by atoms with Gasteiger partial charge in [0, 0.05) is 26.9 Å². The van der Waals surface area contributed by atoms with E-state index in [0.29, 0.717) is 32.8 Å². The van der Waals surface area contributed by atoms with Gasteiger partial charge in [-0.3, -0.25) is 0 Å². The Balaban J connectivity index is 1.87. The zero-order chi connectivity index (χ0) is 15.0. The number of aliphatic hydroxyl groups is 1. The maximum Gasteiger partial charge on any atom is 0.134 e. The fourth-order valence-electron chi connectivity index (χ4n) is 2.20. The van der Waals surface area contributed by atoms with E-state index in [-0.39, 0.29) is 0 Å². The van der Waals surface area contributed by atoms with Crippen molar-refractivity contribution in [2.45, 2.75) is 12.5 Å². The third-order valence-electron chi connectivity index (χ3n) is 3.25. The lowest BCUT2D eigenvalue weighted by atomic mass is 10.1. The van der Waals surface area contributed by atoms with Crippen molar-refractivity contribution in [2.75, 3.05) is 0 Å². The Labute approximate surface area is 136 Å². The van der Waals surface area contributed by atoms with E-state index in [1.54, 1.807) is 42.5 Å². The number of furan rings is 1. The summed E-state index contributed by atoms with van der Waals surface area (Å²) in [6, 6.07) is 12.3. The van der Waals surface area contributed by atoms with Crippen LogP contribution in [0.2, 0.25) is 15.1 Å². The number of hydrogen-bond acceptors (Lipinski definition) is 2. The summed E-state index contributed by atoms with van der Waals surface area (Å²) in [4.78, 5) is 0. The zero-order valence-corrected chi connectivity index (χ0v) is 13.1. The predicted molar refractivity (Wildman–Crippen MR) is 86.3 cm³/mol. The summed E-state index contributed by atoms with van der Waals surface area (Å²) in [5, 5.41) is 12.9. The first kappa shape index (κ1) is 14.7. The monoisotopic (exact) mass is 340 g/mol. The second-order valence-electron chi connectivity index (χ2n) is 4.79. The molecule has 108 valence electrons. The Kier molecular flexibility index (Phi) is 4.14. The number of hydrogen-bond donors (Lipinski definition) is 1. The fourth-order valence-corrected chi connectivity index (χ4v) is 2.86. The lowest BCUT2D eigenvalue weighted by molar-refractivity contribution is 0.152. The molecule has 0 saturated heterocycles. The van der Waals surface area contributed by atoms with E-state index >= 15 is 0 Å². The fraction of sp³-hybridized carbons (Fsp3) is 0.125. The highest BCUT2D eigenvalue weighted by Crippen LogP contribution is 2.30. The number of aliphatic hydroxyl groups excluding tert-OH is 1. The minimum atomic E-state index is -0.783. The Morgan fingerprint density at radius 3 is 2.43 bits per heavy atom. The van der Waals surface area contributed by atoms with Crippen molar-refractivity contribution in [1.29, 1.82) is 0 Å². The van der Waals surface area contributed by atoms with Gasteiger partial charge in [-0.1, -0.05) is 40.9 Å². The molecule has 0 amide bonds. The molecule has 2 nitrogen and oxygen atoms in total. The summed E-state index contributed by atoms with van der Waals surface area (Å²) in [5.74, 6) is 0.485. The van der Waals surface area contributed by atoms with Gasteiger partial charge in [-0.2, -0.15) is 0 Å². The van der Waals surface area contributed by atoms with Crippen molar-refractivity contribution in [3.05, 3.63) is 68.9 Å².